The molecule has 34 heavy (non-hydrogen) atoms. The van der Waals surface area contributed by atoms with E-state index < -0.39 is 6.11 Å². The number of nitrogens with zero attached hydrogens (tertiary/aromatic N) is 2. The number of carbonyl (C=O) groups excluding carboxylic acids is 1. The summed E-state index contributed by atoms with van der Waals surface area (Å²) in [5.41, 5.74) is 1.02. The molecule has 1 aliphatic rings. The molecule has 0 bridgehead atoms. The molecule has 0 unspecified atom stereocenters. The number of amides is 1. The second-order valence-electron chi connectivity index (χ2n) is 8.27. The Bertz CT molecular complexity index is 1210. The van der Waals surface area contributed by atoms with Crippen molar-refractivity contribution in [3.05, 3.63) is 59.0 Å². The van der Waals surface area contributed by atoms with Crippen LogP contribution in [-0.2, 0) is 4.79 Å². The molecule has 0 N–H and O–H groups in total. The van der Waals surface area contributed by atoms with E-state index in [0.29, 0.717) is 41.4 Å². The van der Waals surface area contributed by atoms with Crippen LogP contribution in [0.4, 0.5) is 8.78 Å². The molecule has 2 heterocycles. The van der Waals surface area contributed by atoms with E-state index in [-0.39, 0.29) is 17.1 Å². The number of piperazine rings is 1. The average molecular weight is 472 g/mol. The quantitative estimate of drug-likeness (QED) is 0.518. The van der Waals surface area contributed by atoms with Gasteiger partial charge in [-0.3, -0.25) is 14.5 Å². The van der Waals surface area contributed by atoms with Gasteiger partial charge < -0.3 is 18.8 Å². The molecule has 0 spiro atoms. The van der Waals surface area contributed by atoms with E-state index in [0.717, 1.165) is 32.7 Å². The molecule has 4 rings (SSSR count). The third-order valence-electron chi connectivity index (χ3n) is 5.70. The maximum Gasteiger partial charge on any atom is 0.394 e. The van der Waals surface area contributed by atoms with Gasteiger partial charge >= 0.3 is 6.11 Å². The third kappa shape index (κ3) is 5.72. The minimum atomic E-state index is -3.28. The van der Waals surface area contributed by atoms with Gasteiger partial charge in [0, 0.05) is 52.6 Å². The van der Waals surface area contributed by atoms with Crippen molar-refractivity contribution in [2.45, 2.75) is 20.0 Å². The van der Waals surface area contributed by atoms with Crippen molar-refractivity contribution in [1.82, 2.24) is 9.80 Å². The molecule has 1 fully saturated rings. The number of benzene rings is 2. The summed E-state index contributed by atoms with van der Waals surface area (Å²) in [5.74, 6) is 0.695. The van der Waals surface area contributed by atoms with Crippen molar-refractivity contribution in [3.8, 4) is 22.6 Å². The summed E-state index contributed by atoms with van der Waals surface area (Å²) in [7, 11) is 0. The second kappa shape index (κ2) is 9.80. The first-order chi connectivity index (χ1) is 16.2. The van der Waals surface area contributed by atoms with Crippen LogP contribution in [0.15, 0.2) is 57.9 Å². The van der Waals surface area contributed by atoms with Gasteiger partial charge in [0.05, 0.1) is 10.9 Å². The lowest BCUT2D eigenvalue weighted by Gasteiger charge is -2.34. The summed E-state index contributed by atoms with van der Waals surface area (Å²) in [6.07, 6.45) is -1.93. The molecule has 1 aromatic heterocycles. The lowest BCUT2D eigenvalue weighted by atomic mass is 10.1. The van der Waals surface area contributed by atoms with Gasteiger partial charge in [-0.05, 0) is 29.8 Å². The molecule has 2 aromatic carbocycles. The zero-order valence-corrected chi connectivity index (χ0v) is 19.1. The lowest BCUT2D eigenvalue weighted by molar-refractivity contribution is -0.158. The van der Waals surface area contributed by atoms with Crippen molar-refractivity contribution in [2.75, 3.05) is 39.3 Å². The van der Waals surface area contributed by atoms with Crippen LogP contribution in [0.5, 0.6) is 11.5 Å². The van der Waals surface area contributed by atoms with E-state index in [9.17, 15) is 18.4 Å². The lowest BCUT2D eigenvalue weighted by Crippen LogP contribution is -2.48. The Labute approximate surface area is 195 Å². The zero-order chi connectivity index (χ0) is 24.3. The first-order valence-electron chi connectivity index (χ1n) is 11.0. The maximum atomic E-state index is 13.0. The molecule has 7 nitrogen and oxygen atoms in total. The Morgan fingerprint density at radius 3 is 2.38 bits per heavy atom. The monoisotopic (exact) mass is 472 g/mol. The largest absolute Gasteiger partial charge is 0.492 e. The van der Waals surface area contributed by atoms with Crippen LogP contribution in [0, 0.1) is 0 Å². The third-order valence-corrected chi connectivity index (χ3v) is 5.70. The zero-order valence-electron chi connectivity index (χ0n) is 19.1. The van der Waals surface area contributed by atoms with E-state index in [4.69, 9.17) is 9.15 Å². The van der Waals surface area contributed by atoms with E-state index >= 15 is 0 Å². The smallest absolute Gasteiger partial charge is 0.394 e. The van der Waals surface area contributed by atoms with Crippen LogP contribution in [0.2, 0.25) is 0 Å². The predicted molar refractivity (Wildman–Crippen MR) is 123 cm³/mol. The fourth-order valence-electron chi connectivity index (χ4n) is 3.89. The highest BCUT2D eigenvalue weighted by molar-refractivity contribution is 5.82. The van der Waals surface area contributed by atoms with Crippen LogP contribution in [0.25, 0.3) is 22.1 Å². The van der Waals surface area contributed by atoms with Crippen LogP contribution >= 0.6 is 0 Å². The summed E-state index contributed by atoms with van der Waals surface area (Å²) >= 11 is 0. The van der Waals surface area contributed by atoms with Crippen molar-refractivity contribution in [2.24, 2.45) is 0 Å². The van der Waals surface area contributed by atoms with Gasteiger partial charge in [-0.2, -0.15) is 8.78 Å². The van der Waals surface area contributed by atoms with Gasteiger partial charge in [0.2, 0.25) is 5.91 Å². The Morgan fingerprint density at radius 1 is 1.06 bits per heavy atom. The number of alkyl halides is 2. The normalized spacial score (nSPS) is 14.9. The average Bonchev–Trinajstić information content (AvgIpc) is 2.79. The number of hydrogen-bond donors (Lipinski definition) is 0. The van der Waals surface area contributed by atoms with E-state index in [1.54, 1.807) is 25.1 Å². The summed E-state index contributed by atoms with van der Waals surface area (Å²) in [6, 6.07) is 10.9. The van der Waals surface area contributed by atoms with E-state index in [2.05, 4.69) is 9.64 Å². The van der Waals surface area contributed by atoms with Gasteiger partial charge in [-0.15, -0.1) is 0 Å². The predicted octanol–water partition coefficient (Wildman–Crippen LogP) is 3.99. The molecular formula is C25H26F2N2O5. The van der Waals surface area contributed by atoms with Crippen molar-refractivity contribution in [3.63, 3.8) is 0 Å². The first-order valence-corrected chi connectivity index (χ1v) is 11.0. The SMILES string of the molecule is CC(=O)N1CCN(CCOc2ccc3c(=O)c(-c4ccc(OC(C)(F)F)cc4)coc3c2)CC1. The minimum absolute atomic E-state index is 0.00366. The molecule has 3 aromatic rings. The van der Waals surface area contributed by atoms with Crippen molar-refractivity contribution >= 4 is 16.9 Å². The van der Waals surface area contributed by atoms with E-state index in [1.165, 1.54) is 30.5 Å². The Balaban J connectivity index is 1.40. The Kier molecular flexibility index (Phi) is 6.83. The van der Waals surface area contributed by atoms with Gasteiger partial charge in [-0.25, -0.2) is 0 Å². The topological polar surface area (TPSA) is 72.2 Å². The van der Waals surface area contributed by atoms with Gasteiger partial charge in [0.1, 0.15) is 30.0 Å². The standard InChI is InChI=1S/C25H26F2N2O5/c1-17(30)29-11-9-28(10-12-29)13-14-32-20-7-8-21-23(15-20)33-16-22(24(21)31)18-3-5-19(6-4-18)34-25(2,26)27/h3-8,15-16H,9-14H2,1-2H3. The van der Waals surface area contributed by atoms with Crippen LogP contribution in [-0.4, -0.2) is 61.1 Å². The molecule has 0 atom stereocenters. The highest BCUT2D eigenvalue weighted by atomic mass is 19.3. The number of hydrogen-bond acceptors (Lipinski definition) is 6. The second-order valence-corrected chi connectivity index (χ2v) is 8.27. The summed E-state index contributed by atoms with van der Waals surface area (Å²) in [5, 5.41) is 0.394. The molecule has 9 heteroatoms. The highest BCUT2D eigenvalue weighted by Gasteiger charge is 2.23. The summed E-state index contributed by atoms with van der Waals surface area (Å²) in [4.78, 5) is 28.5. The number of carbonyl (C=O) groups is 1. The van der Waals surface area contributed by atoms with Crippen molar-refractivity contribution in [1.29, 1.82) is 0 Å². The molecule has 0 radical (unpaired) electrons. The van der Waals surface area contributed by atoms with Gasteiger partial charge in [0.25, 0.3) is 0 Å². The molecule has 1 aliphatic heterocycles. The number of rotatable bonds is 7. The first kappa shape index (κ1) is 23.7. The fourth-order valence-corrected chi connectivity index (χ4v) is 3.89. The molecule has 1 amide bonds. The highest BCUT2D eigenvalue weighted by Crippen LogP contribution is 2.26. The molecular weight excluding hydrogens is 446 g/mol. The van der Waals surface area contributed by atoms with Crippen molar-refractivity contribution < 1.29 is 27.5 Å². The molecule has 180 valence electrons. The number of ether oxygens (including phenoxy) is 2. The molecule has 0 saturated carbocycles. The van der Waals surface area contributed by atoms with Gasteiger partial charge in [0.15, 0.2) is 5.43 Å². The number of fused-ring (bicyclic) bond motifs is 1. The van der Waals surface area contributed by atoms with E-state index in [1.807, 2.05) is 4.90 Å². The van der Waals surface area contributed by atoms with Gasteiger partial charge in [-0.1, -0.05) is 12.1 Å². The maximum absolute atomic E-state index is 13.0. The Hall–Kier alpha value is -3.46. The molecule has 0 aliphatic carbocycles. The van der Waals surface area contributed by atoms with Crippen LogP contribution < -0.4 is 14.9 Å². The van der Waals surface area contributed by atoms with Crippen LogP contribution in [0.1, 0.15) is 13.8 Å². The number of halogens is 2. The minimum Gasteiger partial charge on any atom is -0.492 e. The summed E-state index contributed by atoms with van der Waals surface area (Å²) in [6.45, 7) is 6.52. The molecule has 1 saturated heterocycles. The Morgan fingerprint density at radius 2 is 1.74 bits per heavy atom. The van der Waals surface area contributed by atoms with Crippen LogP contribution in [0.3, 0.4) is 0 Å². The fraction of sp³-hybridized carbons (Fsp3) is 0.360. The summed E-state index contributed by atoms with van der Waals surface area (Å²) < 4.78 is 42.0.